The minimum Gasteiger partial charge on any atom is -0.383 e. The number of aliphatic hydroxyl groups excluding tert-OH is 1. The molecule has 1 N–H and O–H groups in total. The van der Waals surface area contributed by atoms with Gasteiger partial charge in [0, 0.05) is 9.35 Å². The smallest absolute Gasteiger partial charge is 0.123 e. The largest absolute Gasteiger partial charge is 0.383 e. The predicted molar refractivity (Wildman–Crippen MR) is 70.2 cm³/mol. The van der Waals surface area contributed by atoms with Crippen LogP contribution in [0.2, 0.25) is 0 Å². The third kappa shape index (κ3) is 2.53. The first kappa shape index (κ1) is 12.2. The molecule has 16 heavy (non-hydrogen) atoms. The minimum atomic E-state index is -0.789. The molecule has 0 saturated heterocycles. The molecule has 2 rings (SSSR count). The summed E-state index contributed by atoms with van der Waals surface area (Å²) >= 11 is 8.13. The lowest BCUT2D eigenvalue weighted by Crippen LogP contribution is -1.97. The predicted octanol–water partition coefficient (Wildman–Crippen LogP) is 4.49. The molecule has 0 bridgehead atoms. The summed E-state index contributed by atoms with van der Waals surface area (Å²) in [7, 11) is 0. The van der Waals surface area contributed by atoms with E-state index < -0.39 is 6.10 Å². The van der Waals surface area contributed by atoms with Crippen molar-refractivity contribution in [1.82, 2.24) is 0 Å². The van der Waals surface area contributed by atoms with E-state index in [4.69, 9.17) is 0 Å². The van der Waals surface area contributed by atoms with E-state index in [1.54, 1.807) is 12.1 Å². The van der Waals surface area contributed by atoms with Gasteiger partial charge >= 0.3 is 0 Å². The summed E-state index contributed by atoms with van der Waals surface area (Å²) in [6.45, 7) is 0. The first-order valence-electron chi connectivity index (χ1n) is 4.46. The van der Waals surface area contributed by atoms with Gasteiger partial charge in [-0.2, -0.15) is 0 Å². The maximum atomic E-state index is 13.0. The molecular weight excluding hydrogens is 359 g/mol. The molecule has 1 heterocycles. The summed E-state index contributed by atoms with van der Waals surface area (Å²) in [6.07, 6.45) is -0.789. The van der Waals surface area contributed by atoms with Crippen LogP contribution < -0.4 is 0 Å². The topological polar surface area (TPSA) is 20.2 Å². The first-order valence-corrected chi connectivity index (χ1v) is 6.86. The number of benzene rings is 1. The lowest BCUT2D eigenvalue weighted by atomic mass is 10.1. The van der Waals surface area contributed by atoms with Crippen molar-refractivity contribution < 1.29 is 9.50 Å². The molecule has 1 atom stereocenters. The van der Waals surface area contributed by atoms with E-state index in [2.05, 4.69) is 31.9 Å². The number of hydrogen-bond donors (Lipinski definition) is 1. The lowest BCUT2D eigenvalue weighted by Gasteiger charge is -2.08. The number of thiophene rings is 1. The third-order valence-electron chi connectivity index (χ3n) is 2.10. The number of rotatable bonds is 2. The molecule has 84 valence electrons. The van der Waals surface area contributed by atoms with Crippen LogP contribution in [0.25, 0.3) is 0 Å². The maximum Gasteiger partial charge on any atom is 0.123 e. The molecule has 0 aliphatic rings. The highest BCUT2D eigenvalue weighted by molar-refractivity contribution is 9.13. The molecule has 5 heteroatoms. The number of halogens is 3. The maximum absolute atomic E-state index is 13.0. The average molecular weight is 366 g/mol. The van der Waals surface area contributed by atoms with Crippen LogP contribution in [-0.4, -0.2) is 5.11 Å². The fraction of sp³-hybridized carbons (Fsp3) is 0.0909. The van der Waals surface area contributed by atoms with Crippen molar-refractivity contribution in [2.45, 2.75) is 6.10 Å². The Morgan fingerprint density at radius 2 is 2.00 bits per heavy atom. The van der Waals surface area contributed by atoms with Crippen LogP contribution in [-0.2, 0) is 0 Å². The van der Waals surface area contributed by atoms with Crippen molar-refractivity contribution in [3.63, 3.8) is 0 Å². The number of hydrogen-bond acceptors (Lipinski definition) is 2. The SMILES string of the molecule is OC(c1cccc(F)c1)c1cc(Br)c(Br)s1. The van der Waals surface area contributed by atoms with Gasteiger partial charge in [0.2, 0.25) is 0 Å². The molecule has 2 aromatic rings. The normalized spacial score (nSPS) is 12.8. The Kier molecular flexibility index (Phi) is 3.79. The van der Waals surface area contributed by atoms with Gasteiger partial charge in [-0.1, -0.05) is 12.1 Å². The molecule has 0 saturated carbocycles. The molecule has 0 aliphatic carbocycles. The third-order valence-corrected chi connectivity index (χ3v) is 5.41. The molecule has 0 fully saturated rings. The fourth-order valence-electron chi connectivity index (χ4n) is 1.34. The van der Waals surface area contributed by atoms with Crippen LogP contribution in [0.5, 0.6) is 0 Å². The van der Waals surface area contributed by atoms with Crippen LogP contribution >= 0.6 is 43.2 Å². The summed E-state index contributed by atoms with van der Waals surface area (Å²) < 4.78 is 14.8. The van der Waals surface area contributed by atoms with Gasteiger partial charge in [0.15, 0.2) is 0 Å². The molecule has 1 aromatic heterocycles. The molecule has 0 amide bonds. The zero-order valence-corrected chi connectivity index (χ0v) is 11.9. The second-order valence-electron chi connectivity index (χ2n) is 3.23. The molecule has 1 unspecified atom stereocenters. The molecule has 0 spiro atoms. The van der Waals surface area contributed by atoms with Crippen LogP contribution in [0.3, 0.4) is 0 Å². The summed E-state index contributed by atoms with van der Waals surface area (Å²) in [5.41, 5.74) is 0.557. The molecule has 0 aliphatic heterocycles. The molecule has 0 radical (unpaired) electrons. The van der Waals surface area contributed by atoms with Gasteiger partial charge in [-0.05, 0) is 55.6 Å². The molecule has 1 nitrogen and oxygen atoms in total. The van der Waals surface area contributed by atoms with Crippen LogP contribution in [0.15, 0.2) is 38.6 Å². The average Bonchev–Trinajstić information content (AvgIpc) is 2.58. The first-order chi connectivity index (χ1) is 7.58. The standard InChI is InChI=1S/C11H7Br2FOS/c12-8-5-9(16-11(8)13)10(15)6-2-1-3-7(14)4-6/h1-5,10,15H. The highest BCUT2D eigenvalue weighted by atomic mass is 79.9. The fourth-order valence-corrected chi connectivity index (χ4v) is 3.44. The van der Waals surface area contributed by atoms with E-state index in [9.17, 15) is 9.50 Å². The Labute approximate surface area is 113 Å². The van der Waals surface area contributed by atoms with Crippen molar-refractivity contribution in [3.05, 3.63) is 54.8 Å². The van der Waals surface area contributed by atoms with Crippen molar-refractivity contribution in [1.29, 1.82) is 0 Å². The van der Waals surface area contributed by atoms with Crippen LogP contribution in [0.1, 0.15) is 16.5 Å². The Morgan fingerprint density at radius 1 is 1.25 bits per heavy atom. The van der Waals surface area contributed by atoms with E-state index in [0.29, 0.717) is 5.56 Å². The van der Waals surface area contributed by atoms with E-state index in [0.717, 1.165) is 13.1 Å². The van der Waals surface area contributed by atoms with Crippen LogP contribution in [0, 0.1) is 5.82 Å². The van der Waals surface area contributed by atoms with Crippen molar-refractivity contribution in [2.24, 2.45) is 0 Å². The monoisotopic (exact) mass is 364 g/mol. The second kappa shape index (κ2) is 4.96. The summed E-state index contributed by atoms with van der Waals surface area (Å²) in [4.78, 5) is 0.768. The van der Waals surface area contributed by atoms with Crippen LogP contribution in [0.4, 0.5) is 4.39 Å². The summed E-state index contributed by atoms with van der Waals surface area (Å²) in [5, 5.41) is 10.1. The number of aliphatic hydroxyl groups is 1. The van der Waals surface area contributed by atoms with Gasteiger partial charge in [0.1, 0.15) is 11.9 Å². The highest BCUT2D eigenvalue weighted by Crippen LogP contribution is 2.37. The minimum absolute atomic E-state index is 0.341. The van der Waals surface area contributed by atoms with Gasteiger partial charge < -0.3 is 5.11 Å². The van der Waals surface area contributed by atoms with Gasteiger partial charge in [-0.15, -0.1) is 11.3 Å². The molecule has 1 aromatic carbocycles. The van der Waals surface area contributed by atoms with E-state index in [-0.39, 0.29) is 5.82 Å². The second-order valence-corrected chi connectivity index (χ2v) is 6.48. The van der Waals surface area contributed by atoms with Gasteiger partial charge in [-0.3, -0.25) is 0 Å². The Balaban J connectivity index is 2.35. The van der Waals surface area contributed by atoms with Gasteiger partial charge in [-0.25, -0.2) is 4.39 Å². The van der Waals surface area contributed by atoms with E-state index >= 15 is 0 Å². The Hall–Kier alpha value is -0.230. The van der Waals surface area contributed by atoms with E-state index in [1.165, 1.54) is 23.5 Å². The Morgan fingerprint density at radius 3 is 2.56 bits per heavy atom. The van der Waals surface area contributed by atoms with Crippen molar-refractivity contribution >= 4 is 43.2 Å². The van der Waals surface area contributed by atoms with E-state index in [1.807, 2.05) is 6.07 Å². The lowest BCUT2D eigenvalue weighted by molar-refractivity contribution is 0.223. The zero-order chi connectivity index (χ0) is 11.7. The molecular formula is C11H7Br2FOS. The van der Waals surface area contributed by atoms with Crippen molar-refractivity contribution in [3.8, 4) is 0 Å². The van der Waals surface area contributed by atoms with Gasteiger partial charge in [0.05, 0.1) is 3.79 Å². The Bertz CT molecular complexity index is 493. The summed E-state index contributed by atoms with van der Waals surface area (Å²) in [6, 6.07) is 7.81. The zero-order valence-electron chi connectivity index (χ0n) is 7.95. The highest BCUT2D eigenvalue weighted by Gasteiger charge is 2.15. The summed E-state index contributed by atoms with van der Waals surface area (Å²) in [5.74, 6) is -0.341. The van der Waals surface area contributed by atoms with Crippen molar-refractivity contribution in [2.75, 3.05) is 0 Å². The van der Waals surface area contributed by atoms with Gasteiger partial charge in [0.25, 0.3) is 0 Å². The quantitative estimate of drug-likeness (QED) is 0.831.